The first-order valence-electron chi connectivity index (χ1n) is 25.3. The Bertz CT molecular complexity index is 2230. The van der Waals surface area contributed by atoms with Crippen LogP contribution in [0.2, 0.25) is 0 Å². The molecule has 2 aromatic rings. The Hall–Kier alpha value is -4.19. The Morgan fingerprint density at radius 2 is 1.83 bits per heavy atom. The molecule has 0 saturated carbocycles. The van der Waals surface area contributed by atoms with Gasteiger partial charge >= 0.3 is 5.97 Å². The van der Waals surface area contributed by atoms with Gasteiger partial charge in [-0.3, -0.25) is 19.4 Å². The van der Waals surface area contributed by atoms with E-state index in [9.17, 15) is 29.4 Å². The number of fused-ring (bicyclic) bond motifs is 5. The summed E-state index contributed by atoms with van der Waals surface area (Å²) in [5.74, 6) is -6.41. The molecule has 1 unspecified atom stereocenters. The Morgan fingerprint density at radius 1 is 1.11 bits per heavy atom. The molecule has 14 atom stereocenters. The lowest BCUT2D eigenvalue weighted by atomic mass is 9.68. The summed E-state index contributed by atoms with van der Waals surface area (Å²) in [5.41, 5.74) is 7.06. The van der Waals surface area contributed by atoms with Crippen LogP contribution in [-0.2, 0) is 49.6 Å². The summed E-state index contributed by atoms with van der Waals surface area (Å²) >= 11 is 1.33. The van der Waals surface area contributed by atoms with Crippen molar-refractivity contribution in [2.75, 3.05) is 32.6 Å². The second-order valence-corrected chi connectivity index (χ2v) is 21.5. The van der Waals surface area contributed by atoms with E-state index in [0.717, 1.165) is 19.8 Å². The minimum atomic E-state index is -3.21. The normalized spacial score (nSPS) is 34.7. The smallest absolute Gasteiger partial charge is 0.351 e. The fourth-order valence-corrected chi connectivity index (χ4v) is 11.1. The average molecular weight is 1030 g/mol. The van der Waals surface area contributed by atoms with Crippen molar-refractivity contribution in [1.82, 2.24) is 14.9 Å². The van der Waals surface area contributed by atoms with Gasteiger partial charge in [0.2, 0.25) is 11.8 Å². The summed E-state index contributed by atoms with van der Waals surface area (Å²) < 4.78 is 42.8. The minimum absolute atomic E-state index is 0.0323. The molecular weight excluding hydrogens is 952 g/mol. The molecule has 3 aliphatic heterocycles. The molecule has 5 rings (SSSR count). The summed E-state index contributed by atoms with van der Waals surface area (Å²) in [7, 11) is 3.64. The van der Waals surface area contributed by atoms with E-state index in [1.807, 2.05) is 45.8 Å². The number of amides is 2. The summed E-state index contributed by atoms with van der Waals surface area (Å²) in [5, 5.41) is 34.1. The largest absolute Gasteiger partial charge is 0.457 e. The number of halogens is 1. The number of aliphatic hydroxyl groups excluding tert-OH is 1. The van der Waals surface area contributed by atoms with Crippen LogP contribution in [0.5, 0.6) is 0 Å². The second-order valence-electron chi connectivity index (χ2n) is 20.6. The molecule has 3 fully saturated rings. The van der Waals surface area contributed by atoms with E-state index in [1.54, 1.807) is 38.4 Å². The maximum Gasteiger partial charge on any atom is 0.351 e. The molecule has 3 saturated heterocycles. The SMILES string of the molecule is CCC(=O)/N=C1\[C@H](C)C[C@@]2(C)OC/C(=N/OCc3ccc(-c4nc(NC(=O)[C@@H](N)CCCCN)cs4)cn3)CC[C@H]([C@H]1C)[C@](C)(O)[C@@H](CC)OC(=O)[C@@](C)(F)C(=O)C(C)[C@H]2O[C@@H]1O[C@H](C)C[C@H](N(C)C)[C@H]1O. The number of ketones is 1. The van der Waals surface area contributed by atoms with E-state index in [1.165, 1.54) is 25.2 Å². The van der Waals surface area contributed by atoms with Crippen LogP contribution in [0.3, 0.4) is 0 Å². The third-order valence-corrected chi connectivity index (χ3v) is 15.5. The standard InChI is InChI=1S/C51H79FN8O11S/c1-12-38-51(9,66)35-20-19-34(59-68-26-33-18-17-32(24-55-33)46-57-39(27-72-46)56-45(64)36(54)16-14-15-21-53)25-67-49(7,23-28(3)41(30(35)5)58-40(61)13-2)44(31(6)43(63)50(8,52)48(65)70-38)71-47-42(62)37(60(10)11)22-29(4)69-47/h17-18,24,27-31,35-38,42,44,47,62,66H,12-16,19-23,25-26,53-54H2,1-11H3,(H,56,64)/b58-41+,59-34+/t28-,29-,30-,31?,35-,36+,37+,38-,42-,44-,47+,49-,50+,51+/m1/s1. The molecule has 19 nitrogen and oxygen atoms in total. The number of nitrogens with one attached hydrogen (secondary N) is 1. The number of aliphatic imine (C=N–C) groups is 1. The van der Waals surface area contributed by atoms with Gasteiger partial charge in [-0.25, -0.2) is 19.2 Å². The van der Waals surface area contributed by atoms with Gasteiger partial charge in [-0.15, -0.1) is 11.3 Å². The first-order valence-corrected chi connectivity index (χ1v) is 26.2. The molecule has 5 heterocycles. The van der Waals surface area contributed by atoms with Gasteiger partial charge in [0.05, 0.1) is 41.9 Å². The number of alkyl halides is 1. The molecule has 2 aromatic heterocycles. The zero-order chi connectivity index (χ0) is 53.3. The Balaban J connectivity index is 1.55. The molecule has 2 amide bonds. The van der Waals surface area contributed by atoms with Crippen LogP contribution in [0.25, 0.3) is 10.6 Å². The highest BCUT2D eigenvalue weighted by atomic mass is 32.1. The van der Waals surface area contributed by atoms with Crippen molar-refractivity contribution in [1.29, 1.82) is 0 Å². The number of carbonyl (C=O) groups excluding carboxylic acids is 4. The topological polar surface area (TPSA) is 273 Å². The molecule has 3 aliphatic rings. The molecular formula is C51H79FN8O11S. The number of thiazole rings is 1. The number of pyridine rings is 1. The maximum atomic E-state index is 17.1. The number of aromatic nitrogens is 2. The molecule has 0 radical (unpaired) electrons. The summed E-state index contributed by atoms with van der Waals surface area (Å²) in [6, 6.07) is 2.49. The van der Waals surface area contributed by atoms with E-state index in [2.05, 4.69) is 25.4 Å². The number of hydrogen-bond donors (Lipinski definition) is 5. The van der Waals surface area contributed by atoms with Crippen molar-refractivity contribution < 1.29 is 57.6 Å². The minimum Gasteiger partial charge on any atom is -0.457 e. The summed E-state index contributed by atoms with van der Waals surface area (Å²) in [6.07, 6.45) is -0.945. The van der Waals surface area contributed by atoms with Gasteiger partial charge in [0.15, 0.2) is 18.7 Å². The maximum absolute atomic E-state index is 17.1. The van der Waals surface area contributed by atoms with Crippen molar-refractivity contribution in [3.63, 3.8) is 0 Å². The van der Waals surface area contributed by atoms with Crippen LogP contribution >= 0.6 is 11.3 Å². The number of esters is 1. The molecule has 21 heteroatoms. The molecule has 72 heavy (non-hydrogen) atoms. The first-order chi connectivity index (χ1) is 33.9. The lowest BCUT2D eigenvalue weighted by Gasteiger charge is -2.48. The highest BCUT2D eigenvalue weighted by Gasteiger charge is 2.56. The zero-order valence-corrected chi connectivity index (χ0v) is 44.7. The van der Waals surface area contributed by atoms with Gasteiger partial charge in [0.1, 0.15) is 28.6 Å². The van der Waals surface area contributed by atoms with E-state index < -0.39 is 95.1 Å². The molecule has 402 valence electrons. The number of rotatable bonds is 15. The number of nitrogens with two attached hydrogens (primary N) is 2. The number of nitrogens with zero attached hydrogens (tertiary/aromatic N) is 5. The monoisotopic (exact) mass is 1030 g/mol. The Labute approximate surface area is 427 Å². The number of unbranched alkanes of at least 4 members (excludes halogenated alkanes) is 1. The number of Topliss-reactive ketones (excluding diaryl/α,β-unsaturated/α-hetero) is 1. The van der Waals surface area contributed by atoms with Gasteiger partial charge in [-0.2, -0.15) is 0 Å². The molecule has 0 spiro atoms. The van der Waals surface area contributed by atoms with E-state index in [-0.39, 0.29) is 57.1 Å². The number of carbonyl (C=O) groups is 4. The van der Waals surface area contributed by atoms with Crippen LogP contribution in [-0.4, -0.2) is 147 Å². The number of hydrogen-bond acceptors (Lipinski definition) is 18. The number of oxime groups is 1. The Kier molecular flexibility index (Phi) is 20.7. The number of cyclic esters (lactones) is 1. The fourth-order valence-electron chi connectivity index (χ4n) is 10.3. The van der Waals surface area contributed by atoms with Crippen LogP contribution in [0, 0.1) is 23.7 Å². The van der Waals surface area contributed by atoms with Gasteiger partial charge in [0, 0.05) is 47.2 Å². The third-order valence-electron chi connectivity index (χ3n) is 14.6. The zero-order valence-electron chi connectivity index (χ0n) is 43.9. The van der Waals surface area contributed by atoms with Gasteiger partial charge in [-0.05, 0) is 117 Å². The molecule has 0 aromatic carbocycles. The van der Waals surface area contributed by atoms with Gasteiger partial charge < -0.3 is 55.7 Å². The van der Waals surface area contributed by atoms with Gasteiger partial charge in [-0.1, -0.05) is 46.2 Å². The first kappa shape index (κ1) is 58.7. The van der Waals surface area contributed by atoms with Crippen molar-refractivity contribution in [2.45, 2.75) is 186 Å². The predicted molar refractivity (Wildman–Crippen MR) is 272 cm³/mol. The molecule has 7 N–H and O–H groups in total. The number of anilines is 1. The van der Waals surface area contributed by atoms with Crippen molar-refractivity contribution >= 4 is 52.1 Å². The van der Waals surface area contributed by atoms with Crippen molar-refractivity contribution in [3.8, 4) is 10.6 Å². The lowest BCUT2D eigenvalue weighted by molar-refractivity contribution is -0.296. The second kappa shape index (κ2) is 25.4. The summed E-state index contributed by atoms with van der Waals surface area (Å²) in [6.45, 7) is 14.7. The predicted octanol–water partition coefficient (Wildman–Crippen LogP) is 5.53. The highest BCUT2D eigenvalue weighted by Crippen LogP contribution is 2.43. The van der Waals surface area contributed by atoms with Crippen LogP contribution < -0.4 is 16.8 Å². The number of ether oxygens (including phenoxy) is 4. The average Bonchev–Trinajstić information content (AvgIpc) is 3.80. The quantitative estimate of drug-likeness (QED) is 0.0635. The Morgan fingerprint density at radius 3 is 2.47 bits per heavy atom. The third kappa shape index (κ3) is 14.1. The van der Waals surface area contributed by atoms with Crippen LogP contribution in [0.1, 0.15) is 126 Å². The van der Waals surface area contributed by atoms with Crippen molar-refractivity contribution in [3.05, 3.63) is 29.4 Å². The van der Waals surface area contributed by atoms with E-state index >= 15 is 4.39 Å². The number of aliphatic hydroxyl groups is 2. The lowest BCUT2D eigenvalue weighted by Crippen LogP contribution is -2.61. The summed E-state index contributed by atoms with van der Waals surface area (Å²) in [4.78, 5) is 76.1. The molecule has 2 bridgehead atoms. The van der Waals surface area contributed by atoms with E-state index in [4.69, 9.17) is 35.3 Å². The van der Waals surface area contributed by atoms with Crippen LogP contribution in [0.4, 0.5) is 10.2 Å². The number of likely N-dealkylation sites (N-methyl/N-ethyl adjacent to an activating group) is 1. The van der Waals surface area contributed by atoms with Crippen LogP contribution in [0.15, 0.2) is 33.9 Å². The fraction of sp³-hybridized carbons (Fsp3) is 0.725. The molecule has 0 aliphatic carbocycles. The van der Waals surface area contributed by atoms with Gasteiger partial charge in [0.25, 0.3) is 5.67 Å². The van der Waals surface area contributed by atoms with Crippen molar-refractivity contribution in [2.24, 2.45) is 45.3 Å². The highest BCUT2D eigenvalue weighted by molar-refractivity contribution is 7.13. The van der Waals surface area contributed by atoms with E-state index in [0.29, 0.717) is 52.9 Å².